The number of nitrogens with one attached hydrogen (secondary N) is 1. The number of aliphatic hydroxyl groups excluding tert-OH is 1. The van der Waals surface area contributed by atoms with Crippen LogP contribution < -0.4 is 5.32 Å². The fraction of sp³-hybridized carbons (Fsp3) is 0.400. The molecule has 1 rings (SSSR count). The Morgan fingerprint density at radius 1 is 1.50 bits per heavy atom. The van der Waals surface area contributed by atoms with Gasteiger partial charge in [-0.25, -0.2) is 0 Å². The van der Waals surface area contributed by atoms with Crippen LogP contribution in [0.2, 0.25) is 5.02 Å². The van der Waals surface area contributed by atoms with Crippen LogP contribution in [0.15, 0.2) is 18.2 Å². The molecule has 0 bridgehead atoms. The van der Waals surface area contributed by atoms with E-state index in [1.807, 2.05) is 13.8 Å². The summed E-state index contributed by atoms with van der Waals surface area (Å²) in [4.78, 5) is 11.9. The zero-order valence-electron chi connectivity index (χ0n) is 11.6. The van der Waals surface area contributed by atoms with Crippen LogP contribution in [-0.2, 0) is 4.74 Å². The van der Waals surface area contributed by atoms with Gasteiger partial charge in [0.25, 0.3) is 5.91 Å². The Bertz CT molecular complexity index is 518. The molecule has 5 heteroatoms. The van der Waals surface area contributed by atoms with Crippen molar-refractivity contribution in [2.24, 2.45) is 0 Å². The molecule has 0 aliphatic carbocycles. The highest BCUT2D eigenvalue weighted by Gasteiger charge is 2.07. The molecule has 4 nitrogen and oxygen atoms in total. The molecular formula is C15H18ClNO3. The lowest BCUT2D eigenvalue weighted by molar-refractivity contribution is 0.0746. The Hall–Kier alpha value is -1.54. The van der Waals surface area contributed by atoms with Gasteiger partial charge in [-0.3, -0.25) is 4.79 Å². The quantitative estimate of drug-likeness (QED) is 0.644. The number of halogens is 1. The minimum absolute atomic E-state index is 0.144. The van der Waals surface area contributed by atoms with E-state index in [0.717, 1.165) is 0 Å². The predicted molar refractivity (Wildman–Crippen MR) is 78.8 cm³/mol. The van der Waals surface area contributed by atoms with Gasteiger partial charge < -0.3 is 15.2 Å². The Kier molecular flexibility index (Phi) is 7.10. The van der Waals surface area contributed by atoms with Crippen molar-refractivity contribution in [3.63, 3.8) is 0 Å². The Morgan fingerprint density at radius 3 is 2.85 bits per heavy atom. The normalized spacial score (nSPS) is 10.1. The third-order valence-electron chi connectivity index (χ3n) is 2.37. The number of amides is 1. The van der Waals surface area contributed by atoms with Gasteiger partial charge in [-0.05, 0) is 32.0 Å². The first-order valence-electron chi connectivity index (χ1n) is 6.33. The zero-order valence-corrected chi connectivity index (χ0v) is 12.3. The highest BCUT2D eigenvalue weighted by molar-refractivity contribution is 6.32. The molecular weight excluding hydrogens is 278 g/mol. The molecule has 0 spiro atoms. The molecule has 0 aliphatic heterocycles. The lowest BCUT2D eigenvalue weighted by atomic mass is 10.1. The maximum Gasteiger partial charge on any atom is 0.251 e. The summed E-state index contributed by atoms with van der Waals surface area (Å²) in [6.07, 6.45) is 0.144. The van der Waals surface area contributed by atoms with Gasteiger partial charge in [0.2, 0.25) is 0 Å². The van der Waals surface area contributed by atoms with Gasteiger partial charge in [-0.1, -0.05) is 23.4 Å². The molecule has 2 N–H and O–H groups in total. The number of rotatable bonds is 5. The van der Waals surface area contributed by atoms with E-state index >= 15 is 0 Å². The maximum atomic E-state index is 11.9. The molecule has 0 aromatic heterocycles. The predicted octanol–water partition coefficient (Wildman–Crippen LogP) is 1.84. The van der Waals surface area contributed by atoms with Gasteiger partial charge in [-0.15, -0.1) is 0 Å². The van der Waals surface area contributed by atoms with E-state index in [9.17, 15) is 4.79 Å². The second-order valence-electron chi connectivity index (χ2n) is 4.33. The third kappa shape index (κ3) is 5.62. The van der Waals surface area contributed by atoms with Crippen LogP contribution in [0.5, 0.6) is 0 Å². The topological polar surface area (TPSA) is 58.6 Å². The number of hydrogen-bond donors (Lipinski definition) is 2. The standard InChI is InChI=1S/C15H18ClNO3/c1-11(2)20-9-7-17-15(19)13-6-5-12(4-3-8-18)14(16)10-13/h5-6,10-11,18H,7-9H2,1-2H3,(H,17,19). The summed E-state index contributed by atoms with van der Waals surface area (Å²) < 4.78 is 5.33. The number of aliphatic hydroxyl groups is 1. The fourth-order valence-corrected chi connectivity index (χ4v) is 1.68. The van der Waals surface area contributed by atoms with Crippen LogP contribution in [0.1, 0.15) is 29.8 Å². The van der Waals surface area contributed by atoms with Crippen LogP contribution in [0.25, 0.3) is 0 Å². The van der Waals surface area contributed by atoms with Crippen LogP contribution >= 0.6 is 11.6 Å². The highest BCUT2D eigenvalue weighted by Crippen LogP contribution is 2.16. The molecule has 0 saturated carbocycles. The molecule has 0 aliphatic rings. The van der Waals surface area contributed by atoms with Crippen molar-refractivity contribution in [2.45, 2.75) is 20.0 Å². The van der Waals surface area contributed by atoms with Crippen molar-refractivity contribution in [2.75, 3.05) is 19.8 Å². The second-order valence-corrected chi connectivity index (χ2v) is 4.74. The van der Waals surface area contributed by atoms with Gasteiger partial charge in [0, 0.05) is 17.7 Å². The summed E-state index contributed by atoms with van der Waals surface area (Å²) in [5, 5.41) is 11.8. The first kappa shape index (κ1) is 16.5. The SMILES string of the molecule is CC(C)OCCNC(=O)c1ccc(C#CCO)c(Cl)c1. The van der Waals surface area contributed by atoms with Crippen molar-refractivity contribution in [1.29, 1.82) is 0 Å². The monoisotopic (exact) mass is 295 g/mol. The number of carbonyl (C=O) groups excluding carboxylic acids is 1. The van der Waals surface area contributed by atoms with E-state index in [1.54, 1.807) is 18.2 Å². The largest absolute Gasteiger partial charge is 0.384 e. The van der Waals surface area contributed by atoms with Crippen LogP contribution in [0.4, 0.5) is 0 Å². The number of carbonyl (C=O) groups is 1. The van der Waals surface area contributed by atoms with Crippen LogP contribution in [0, 0.1) is 11.8 Å². The molecule has 0 unspecified atom stereocenters. The first-order chi connectivity index (χ1) is 9.54. The summed E-state index contributed by atoms with van der Waals surface area (Å²) in [6, 6.07) is 4.86. The molecule has 1 aromatic rings. The summed E-state index contributed by atoms with van der Waals surface area (Å²) >= 11 is 6.02. The minimum Gasteiger partial charge on any atom is -0.384 e. The van der Waals surface area contributed by atoms with Crippen LogP contribution in [-0.4, -0.2) is 36.9 Å². The summed E-state index contributed by atoms with van der Waals surface area (Å²) in [5.74, 6) is 5.01. The van der Waals surface area contributed by atoms with E-state index < -0.39 is 0 Å². The minimum atomic E-state index is -0.228. The van der Waals surface area contributed by atoms with Crippen molar-refractivity contribution in [1.82, 2.24) is 5.32 Å². The van der Waals surface area contributed by atoms with E-state index in [-0.39, 0.29) is 18.6 Å². The lowest BCUT2D eigenvalue weighted by Crippen LogP contribution is -2.28. The molecule has 0 radical (unpaired) electrons. The maximum absolute atomic E-state index is 11.9. The number of benzene rings is 1. The van der Waals surface area contributed by atoms with Crippen molar-refractivity contribution in [3.8, 4) is 11.8 Å². The smallest absolute Gasteiger partial charge is 0.251 e. The summed E-state index contributed by atoms with van der Waals surface area (Å²) in [6.45, 7) is 4.56. The number of hydrogen-bond acceptors (Lipinski definition) is 3. The molecule has 1 amide bonds. The van der Waals surface area contributed by atoms with Crippen molar-refractivity contribution < 1.29 is 14.6 Å². The van der Waals surface area contributed by atoms with Crippen LogP contribution in [0.3, 0.4) is 0 Å². The Balaban J connectivity index is 2.59. The van der Waals surface area contributed by atoms with E-state index in [4.69, 9.17) is 21.4 Å². The highest BCUT2D eigenvalue weighted by atomic mass is 35.5. The van der Waals surface area contributed by atoms with E-state index in [2.05, 4.69) is 17.2 Å². The molecule has 0 saturated heterocycles. The van der Waals surface area contributed by atoms with Gasteiger partial charge in [0.05, 0.1) is 17.7 Å². The van der Waals surface area contributed by atoms with Gasteiger partial charge >= 0.3 is 0 Å². The van der Waals surface area contributed by atoms with Gasteiger partial charge in [-0.2, -0.15) is 0 Å². The molecule has 0 atom stereocenters. The summed E-state index contributed by atoms with van der Waals surface area (Å²) in [5.41, 5.74) is 1.05. The molecule has 1 aromatic carbocycles. The number of ether oxygens (including phenoxy) is 1. The zero-order chi connectivity index (χ0) is 15.0. The van der Waals surface area contributed by atoms with E-state index in [1.165, 1.54) is 0 Å². The van der Waals surface area contributed by atoms with Crippen molar-refractivity contribution in [3.05, 3.63) is 34.3 Å². The average Bonchev–Trinajstić information content (AvgIpc) is 2.41. The molecule has 20 heavy (non-hydrogen) atoms. The van der Waals surface area contributed by atoms with Crippen molar-refractivity contribution >= 4 is 17.5 Å². The lowest BCUT2D eigenvalue weighted by Gasteiger charge is -2.09. The Morgan fingerprint density at radius 2 is 2.25 bits per heavy atom. The van der Waals surface area contributed by atoms with Gasteiger partial charge in [0.1, 0.15) is 6.61 Å². The third-order valence-corrected chi connectivity index (χ3v) is 2.68. The fourth-order valence-electron chi connectivity index (χ4n) is 1.45. The first-order valence-corrected chi connectivity index (χ1v) is 6.71. The van der Waals surface area contributed by atoms with E-state index in [0.29, 0.717) is 29.3 Å². The Labute approximate surface area is 124 Å². The second kappa shape index (κ2) is 8.60. The average molecular weight is 296 g/mol. The molecule has 108 valence electrons. The summed E-state index contributed by atoms with van der Waals surface area (Å²) in [7, 11) is 0. The molecule has 0 fully saturated rings. The molecule has 0 heterocycles. The van der Waals surface area contributed by atoms with Gasteiger partial charge in [0.15, 0.2) is 0 Å².